The van der Waals surface area contributed by atoms with Crippen LogP contribution in [-0.2, 0) is 16.0 Å². The average molecular weight is 258 g/mol. The van der Waals surface area contributed by atoms with Crippen LogP contribution in [0.5, 0.6) is 0 Å². The minimum atomic E-state index is -1.30. The van der Waals surface area contributed by atoms with Gasteiger partial charge in [0.2, 0.25) is 0 Å². The number of carbonyl (C=O) groups is 2. The van der Waals surface area contributed by atoms with Crippen molar-refractivity contribution in [2.24, 2.45) is 5.92 Å². The van der Waals surface area contributed by atoms with Gasteiger partial charge in [-0.3, -0.25) is 4.79 Å². The van der Waals surface area contributed by atoms with E-state index in [9.17, 15) is 18.4 Å². The Labute approximate surface area is 102 Å². The maximum absolute atomic E-state index is 13.3. The smallest absolute Gasteiger partial charge is 0.340 e. The molecule has 1 rings (SSSR count). The fourth-order valence-corrected chi connectivity index (χ4v) is 1.46. The molecule has 1 N–H and O–H groups in total. The largest absolute Gasteiger partial charge is 0.481 e. The lowest BCUT2D eigenvalue weighted by Crippen LogP contribution is -2.14. The number of methoxy groups -OCH3 is 1. The number of rotatable bonds is 4. The molecule has 0 aliphatic rings. The number of carbonyl (C=O) groups excluding carboxylic acids is 1. The second kappa shape index (κ2) is 5.57. The van der Waals surface area contributed by atoms with E-state index in [4.69, 9.17) is 5.11 Å². The summed E-state index contributed by atoms with van der Waals surface area (Å²) < 4.78 is 30.9. The molecule has 1 aromatic rings. The highest BCUT2D eigenvalue weighted by atomic mass is 19.2. The molecule has 0 radical (unpaired) electrons. The van der Waals surface area contributed by atoms with Gasteiger partial charge in [0.15, 0.2) is 11.6 Å². The molecule has 0 saturated heterocycles. The third kappa shape index (κ3) is 3.03. The van der Waals surface area contributed by atoms with Crippen LogP contribution in [0.15, 0.2) is 12.1 Å². The Bertz CT molecular complexity index is 485. The number of esters is 1. The van der Waals surface area contributed by atoms with Crippen molar-refractivity contribution in [3.05, 3.63) is 34.9 Å². The second-order valence-corrected chi connectivity index (χ2v) is 3.87. The van der Waals surface area contributed by atoms with Crippen LogP contribution in [0.1, 0.15) is 22.8 Å². The number of carboxylic acid groups (broad SMARTS) is 1. The summed E-state index contributed by atoms with van der Waals surface area (Å²) in [6.07, 6.45) is -0.00344. The topological polar surface area (TPSA) is 63.6 Å². The van der Waals surface area contributed by atoms with E-state index >= 15 is 0 Å². The fraction of sp³-hybridized carbons (Fsp3) is 0.333. The quantitative estimate of drug-likeness (QED) is 0.839. The van der Waals surface area contributed by atoms with Gasteiger partial charge in [0.1, 0.15) is 0 Å². The van der Waals surface area contributed by atoms with Gasteiger partial charge in [-0.05, 0) is 24.1 Å². The number of ether oxygens (including phenoxy) is 1. The third-order valence-corrected chi connectivity index (χ3v) is 2.46. The van der Waals surface area contributed by atoms with Crippen LogP contribution in [-0.4, -0.2) is 24.2 Å². The van der Waals surface area contributed by atoms with Gasteiger partial charge in [0.05, 0.1) is 18.6 Å². The van der Waals surface area contributed by atoms with Gasteiger partial charge in [-0.25, -0.2) is 13.6 Å². The molecule has 0 aliphatic carbocycles. The number of hydrogen-bond acceptors (Lipinski definition) is 3. The predicted octanol–water partition coefficient (Wildman–Crippen LogP) is 2.01. The Balaban J connectivity index is 3.12. The van der Waals surface area contributed by atoms with E-state index in [1.165, 1.54) is 6.92 Å². The maximum atomic E-state index is 13.3. The summed E-state index contributed by atoms with van der Waals surface area (Å²) in [5, 5.41) is 8.73. The van der Waals surface area contributed by atoms with E-state index in [-0.39, 0.29) is 12.0 Å². The SMILES string of the molecule is COC(=O)c1cc(CC(C)C(=O)O)cc(F)c1F. The summed E-state index contributed by atoms with van der Waals surface area (Å²) in [7, 11) is 1.05. The molecule has 0 spiro atoms. The fourth-order valence-electron chi connectivity index (χ4n) is 1.46. The van der Waals surface area contributed by atoms with Crippen LogP contribution in [0.3, 0.4) is 0 Å². The molecular weight excluding hydrogens is 246 g/mol. The molecule has 0 fully saturated rings. The molecule has 0 saturated carbocycles. The summed E-state index contributed by atoms with van der Waals surface area (Å²) in [6.45, 7) is 1.43. The van der Waals surface area contributed by atoms with E-state index in [0.29, 0.717) is 0 Å². The van der Waals surface area contributed by atoms with Gasteiger partial charge in [-0.2, -0.15) is 0 Å². The molecule has 1 aromatic carbocycles. The highest BCUT2D eigenvalue weighted by Crippen LogP contribution is 2.18. The predicted molar refractivity (Wildman–Crippen MR) is 58.2 cm³/mol. The van der Waals surface area contributed by atoms with Crippen molar-refractivity contribution in [2.75, 3.05) is 7.11 Å². The van der Waals surface area contributed by atoms with E-state index in [2.05, 4.69) is 4.74 Å². The average Bonchev–Trinajstić information content (AvgIpc) is 2.32. The van der Waals surface area contributed by atoms with Crippen molar-refractivity contribution < 1.29 is 28.2 Å². The highest BCUT2D eigenvalue weighted by Gasteiger charge is 2.20. The number of halogens is 2. The van der Waals surface area contributed by atoms with Gasteiger partial charge in [0, 0.05) is 0 Å². The molecule has 0 heterocycles. The Morgan fingerprint density at radius 2 is 2.00 bits per heavy atom. The van der Waals surface area contributed by atoms with Gasteiger partial charge in [0.25, 0.3) is 0 Å². The molecule has 1 atom stereocenters. The Hall–Kier alpha value is -1.98. The zero-order valence-corrected chi connectivity index (χ0v) is 9.87. The minimum Gasteiger partial charge on any atom is -0.481 e. The van der Waals surface area contributed by atoms with E-state index in [0.717, 1.165) is 19.2 Å². The normalized spacial score (nSPS) is 12.0. The van der Waals surface area contributed by atoms with Crippen LogP contribution in [0.4, 0.5) is 8.78 Å². The van der Waals surface area contributed by atoms with Gasteiger partial charge in [-0.1, -0.05) is 6.92 Å². The summed E-state index contributed by atoms with van der Waals surface area (Å²) in [5.74, 6) is -5.32. The Morgan fingerprint density at radius 1 is 1.39 bits per heavy atom. The zero-order chi connectivity index (χ0) is 13.9. The second-order valence-electron chi connectivity index (χ2n) is 3.87. The third-order valence-electron chi connectivity index (χ3n) is 2.46. The molecule has 0 aliphatic heterocycles. The summed E-state index contributed by atoms with van der Waals surface area (Å²) in [5.41, 5.74) is -0.311. The van der Waals surface area contributed by atoms with E-state index < -0.39 is 35.1 Å². The molecule has 6 heteroatoms. The summed E-state index contributed by atoms with van der Waals surface area (Å²) in [4.78, 5) is 21.9. The number of aliphatic carboxylic acids is 1. The number of hydrogen-bond donors (Lipinski definition) is 1. The lowest BCUT2D eigenvalue weighted by molar-refractivity contribution is -0.141. The van der Waals surface area contributed by atoms with Crippen molar-refractivity contribution in [3.63, 3.8) is 0 Å². The first-order chi connectivity index (χ1) is 8.36. The minimum absolute atomic E-state index is 0.00344. The first-order valence-corrected chi connectivity index (χ1v) is 5.15. The molecule has 0 bridgehead atoms. The Morgan fingerprint density at radius 3 is 2.50 bits per heavy atom. The van der Waals surface area contributed by atoms with Crippen molar-refractivity contribution in [2.45, 2.75) is 13.3 Å². The van der Waals surface area contributed by atoms with Crippen LogP contribution < -0.4 is 0 Å². The molecule has 0 aromatic heterocycles. The number of carboxylic acids is 1. The van der Waals surface area contributed by atoms with E-state index in [1.807, 2.05) is 0 Å². The van der Waals surface area contributed by atoms with Crippen LogP contribution in [0.2, 0.25) is 0 Å². The maximum Gasteiger partial charge on any atom is 0.340 e. The van der Waals surface area contributed by atoms with Crippen molar-refractivity contribution in [1.29, 1.82) is 0 Å². The highest BCUT2D eigenvalue weighted by molar-refractivity contribution is 5.89. The van der Waals surface area contributed by atoms with Crippen LogP contribution >= 0.6 is 0 Å². The van der Waals surface area contributed by atoms with Crippen molar-refractivity contribution >= 4 is 11.9 Å². The lowest BCUT2D eigenvalue weighted by atomic mass is 9.99. The molecule has 1 unspecified atom stereocenters. The molecule has 98 valence electrons. The zero-order valence-electron chi connectivity index (χ0n) is 9.87. The standard InChI is InChI=1S/C12H12F2O4/c1-6(11(15)16)3-7-4-8(12(17)18-2)10(14)9(13)5-7/h4-6H,3H2,1-2H3,(H,15,16). The first kappa shape index (κ1) is 14.1. The first-order valence-electron chi connectivity index (χ1n) is 5.15. The summed E-state index contributed by atoms with van der Waals surface area (Å²) in [6, 6.07) is 1.98. The van der Waals surface area contributed by atoms with Crippen LogP contribution in [0.25, 0.3) is 0 Å². The molecule has 18 heavy (non-hydrogen) atoms. The lowest BCUT2D eigenvalue weighted by Gasteiger charge is -2.09. The van der Waals surface area contributed by atoms with Crippen LogP contribution in [0, 0.1) is 17.6 Å². The van der Waals surface area contributed by atoms with E-state index in [1.54, 1.807) is 0 Å². The monoisotopic (exact) mass is 258 g/mol. The molecular formula is C12H12F2O4. The van der Waals surface area contributed by atoms with Gasteiger partial charge in [-0.15, -0.1) is 0 Å². The molecule has 0 amide bonds. The van der Waals surface area contributed by atoms with Gasteiger partial charge >= 0.3 is 11.9 Å². The van der Waals surface area contributed by atoms with Crippen molar-refractivity contribution in [3.8, 4) is 0 Å². The Kier molecular flexibility index (Phi) is 4.36. The van der Waals surface area contributed by atoms with Crippen molar-refractivity contribution in [1.82, 2.24) is 0 Å². The van der Waals surface area contributed by atoms with Gasteiger partial charge < -0.3 is 9.84 Å². The summed E-state index contributed by atoms with van der Waals surface area (Å²) >= 11 is 0. The number of benzene rings is 1. The molecule has 4 nitrogen and oxygen atoms in total.